The molecule has 1 unspecified atom stereocenters. The summed E-state index contributed by atoms with van der Waals surface area (Å²) in [6.45, 7) is 7.48. The SMILES string of the molecule is CCCC(C)NC(=O)c1cccc(S(=O)(=O)NC(C)C)c1. The minimum absolute atomic E-state index is 0.0663. The molecule has 1 aromatic carbocycles. The molecular formula is C15H24N2O3S. The van der Waals surface area contributed by atoms with Crippen molar-refractivity contribution < 1.29 is 13.2 Å². The van der Waals surface area contributed by atoms with Crippen LogP contribution in [-0.4, -0.2) is 26.4 Å². The van der Waals surface area contributed by atoms with Gasteiger partial charge in [-0.25, -0.2) is 13.1 Å². The average molecular weight is 312 g/mol. The van der Waals surface area contributed by atoms with E-state index in [4.69, 9.17) is 0 Å². The molecule has 0 spiro atoms. The van der Waals surface area contributed by atoms with Crippen molar-refractivity contribution in [3.8, 4) is 0 Å². The lowest BCUT2D eigenvalue weighted by molar-refractivity contribution is 0.0938. The van der Waals surface area contributed by atoms with Gasteiger partial charge >= 0.3 is 0 Å². The zero-order valence-electron chi connectivity index (χ0n) is 13.0. The van der Waals surface area contributed by atoms with Crippen molar-refractivity contribution in [3.63, 3.8) is 0 Å². The zero-order chi connectivity index (χ0) is 16.0. The molecule has 118 valence electrons. The summed E-state index contributed by atoms with van der Waals surface area (Å²) in [5, 5.41) is 2.86. The number of carbonyl (C=O) groups excluding carboxylic acids is 1. The quantitative estimate of drug-likeness (QED) is 0.811. The maximum atomic E-state index is 12.1. The summed E-state index contributed by atoms with van der Waals surface area (Å²) in [4.78, 5) is 12.2. The van der Waals surface area contributed by atoms with Gasteiger partial charge in [-0.2, -0.15) is 0 Å². The first-order chi connectivity index (χ1) is 9.76. The van der Waals surface area contributed by atoms with Crippen molar-refractivity contribution in [2.24, 2.45) is 0 Å². The van der Waals surface area contributed by atoms with E-state index in [0.29, 0.717) is 5.56 Å². The van der Waals surface area contributed by atoms with Crippen LogP contribution in [0.4, 0.5) is 0 Å². The fourth-order valence-corrected chi connectivity index (χ4v) is 3.29. The Balaban J connectivity index is 2.93. The molecule has 0 saturated heterocycles. The van der Waals surface area contributed by atoms with Crippen molar-refractivity contribution >= 4 is 15.9 Å². The molecule has 1 amide bonds. The molecule has 0 saturated carbocycles. The summed E-state index contributed by atoms with van der Waals surface area (Å²) in [5.74, 6) is -0.252. The number of carbonyl (C=O) groups is 1. The Morgan fingerprint density at radius 2 is 1.90 bits per heavy atom. The predicted molar refractivity (Wildman–Crippen MR) is 83.7 cm³/mol. The van der Waals surface area contributed by atoms with E-state index in [1.165, 1.54) is 12.1 Å². The molecule has 0 aliphatic carbocycles. The minimum atomic E-state index is -3.58. The van der Waals surface area contributed by atoms with Crippen LogP contribution in [0, 0.1) is 0 Å². The normalized spacial score (nSPS) is 13.2. The van der Waals surface area contributed by atoms with Crippen LogP contribution in [0.25, 0.3) is 0 Å². The Kier molecular flexibility index (Phi) is 6.36. The van der Waals surface area contributed by atoms with Crippen LogP contribution in [-0.2, 0) is 10.0 Å². The minimum Gasteiger partial charge on any atom is -0.350 e. The van der Waals surface area contributed by atoms with Crippen molar-refractivity contribution in [2.75, 3.05) is 0 Å². The summed E-state index contributed by atoms with van der Waals surface area (Å²) >= 11 is 0. The lowest BCUT2D eigenvalue weighted by Gasteiger charge is -2.14. The molecule has 5 nitrogen and oxygen atoms in total. The van der Waals surface area contributed by atoms with Gasteiger partial charge in [-0.15, -0.1) is 0 Å². The summed E-state index contributed by atoms with van der Waals surface area (Å²) in [7, 11) is -3.58. The molecule has 0 heterocycles. The van der Waals surface area contributed by atoms with Crippen molar-refractivity contribution in [1.29, 1.82) is 0 Å². The van der Waals surface area contributed by atoms with E-state index in [2.05, 4.69) is 10.0 Å². The highest BCUT2D eigenvalue weighted by Gasteiger charge is 2.17. The number of hydrogen-bond donors (Lipinski definition) is 2. The second-order valence-electron chi connectivity index (χ2n) is 5.47. The lowest BCUT2D eigenvalue weighted by atomic mass is 10.1. The molecule has 6 heteroatoms. The van der Waals surface area contributed by atoms with E-state index in [1.54, 1.807) is 26.0 Å². The molecule has 21 heavy (non-hydrogen) atoms. The number of rotatable bonds is 7. The van der Waals surface area contributed by atoms with E-state index >= 15 is 0 Å². The molecule has 0 aliphatic heterocycles. The van der Waals surface area contributed by atoms with Crippen molar-refractivity contribution in [2.45, 2.75) is 57.5 Å². The summed E-state index contributed by atoms with van der Waals surface area (Å²) in [6, 6.07) is 5.94. The third-order valence-electron chi connectivity index (χ3n) is 2.90. The Morgan fingerprint density at radius 3 is 2.48 bits per heavy atom. The van der Waals surface area contributed by atoms with Gasteiger partial charge < -0.3 is 5.32 Å². The average Bonchev–Trinajstić information content (AvgIpc) is 2.37. The number of benzene rings is 1. The number of amides is 1. The number of sulfonamides is 1. The highest BCUT2D eigenvalue weighted by atomic mass is 32.2. The lowest BCUT2D eigenvalue weighted by Crippen LogP contribution is -2.33. The molecule has 1 aromatic rings. The topological polar surface area (TPSA) is 75.3 Å². The van der Waals surface area contributed by atoms with Gasteiger partial charge in [-0.3, -0.25) is 4.79 Å². The second kappa shape index (κ2) is 7.56. The van der Waals surface area contributed by atoms with Gasteiger partial charge in [0.2, 0.25) is 10.0 Å². The summed E-state index contributed by atoms with van der Waals surface area (Å²) in [5.41, 5.74) is 0.351. The molecule has 2 N–H and O–H groups in total. The van der Waals surface area contributed by atoms with Crippen LogP contribution in [0.5, 0.6) is 0 Å². The van der Waals surface area contributed by atoms with Crippen LogP contribution in [0.2, 0.25) is 0 Å². The first-order valence-electron chi connectivity index (χ1n) is 7.19. The maximum absolute atomic E-state index is 12.1. The van der Waals surface area contributed by atoms with Gasteiger partial charge in [0.25, 0.3) is 5.91 Å². The molecule has 0 bridgehead atoms. The van der Waals surface area contributed by atoms with Crippen LogP contribution in [0.15, 0.2) is 29.2 Å². The molecular weight excluding hydrogens is 288 g/mol. The maximum Gasteiger partial charge on any atom is 0.251 e. The van der Waals surface area contributed by atoms with E-state index in [9.17, 15) is 13.2 Å². The van der Waals surface area contributed by atoms with E-state index in [1.807, 2.05) is 13.8 Å². The molecule has 0 radical (unpaired) electrons. The smallest absolute Gasteiger partial charge is 0.251 e. The Bertz CT molecular complexity index is 582. The standard InChI is InChI=1S/C15H24N2O3S/c1-5-7-12(4)16-15(18)13-8-6-9-14(10-13)21(19,20)17-11(2)3/h6,8-12,17H,5,7H2,1-4H3,(H,16,18). The number of nitrogens with one attached hydrogen (secondary N) is 2. The fraction of sp³-hybridized carbons (Fsp3) is 0.533. The highest BCUT2D eigenvalue weighted by molar-refractivity contribution is 7.89. The molecule has 0 fully saturated rings. The van der Waals surface area contributed by atoms with E-state index in [-0.39, 0.29) is 22.9 Å². The predicted octanol–water partition coefficient (Wildman–Crippen LogP) is 2.29. The van der Waals surface area contributed by atoms with Gasteiger partial charge in [0.1, 0.15) is 0 Å². The van der Waals surface area contributed by atoms with E-state index < -0.39 is 10.0 Å². The fourth-order valence-electron chi connectivity index (χ4n) is 2.00. The summed E-state index contributed by atoms with van der Waals surface area (Å²) < 4.78 is 26.7. The highest BCUT2D eigenvalue weighted by Crippen LogP contribution is 2.12. The first-order valence-corrected chi connectivity index (χ1v) is 8.67. The Labute approximate surface area is 127 Å². The molecule has 1 atom stereocenters. The third-order valence-corrected chi connectivity index (χ3v) is 4.55. The van der Waals surface area contributed by atoms with Crippen LogP contribution >= 0.6 is 0 Å². The van der Waals surface area contributed by atoms with Gasteiger partial charge in [0.15, 0.2) is 0 Å². The first kappa shape index (κ1) is 17.7. The Morgan fingerprint density at radius 1 is 1.24 bits per heavy atom. The van der Waals surface area contributed by atoms with Gasteiger partial charge in [0, 0.05) is 17.6 Å². The molecule has 1 rings (SSSR count). The van der Waals surface area contributed by atoms with Crippen LogP contribution in [0.3, 0.4) is 0 Å². The monoisotopic (exact) mass is 312 g/mol. The van der Waals surface area contributed by atoms with Gasteiger partial charge in [0.05, 0.1) is 4.90 Å². The molecule has 0 aromatic heterocycles. The zero-order valence-corrected chi connectivity index (χ0v) is 13.8. The van der Waals surface area contributed by atoms with E-state index in [0.717, 1.165) is 12.8 Å². The third kappa shape index (κ3) is 5.47. The van der Waals surface area contributed by atoms with Gasteiger partial charge in [-0.05, 0) is 45.4 Å². The largest absolute Gasteiger partial charge is 0.350 e. The Hall–Kier alpha value is -1.40. The second-order valence-corrected chi connectivity index (χ2v) is 7.18. The van der Waals surface area contributed by atoms with Crippen molar-refractivity contribution in [1.82, 2.24) is 10.0 Å². The van der Waals surface area contributed by atoms with Gasteiger partial charge in [-0.1, -0.05) is 19.4 Å². The van der Waals surface area contributed by atoms with Crippen LogP contribution < -0.4 is 10.0 Å². The van der Waals surface area contributed by atoms with Crippen molar-refractivity contribution in [3.05, 3.63) is 29.8 Å². The molecule has 0 aliphatic rings. The summed E-state index contributed by atoms with van der Waals surface area (Å²) in [6.07, 6.45) is 1.87. The number of hydrogen-bond acceptors (Lipinski definition) is 3. The van der Waals surface area contributed by atoms with Crippen LogP contribution in [0.1, 0.15) is 50.9 Å².